The molecule has 0 saturated carbocycles. The molecular formula is C14H15F2N3. The zero-order valence-electron chi connectivity index (χ0n) is 10.5. The Morgan fingerprint density at radius 3 is 2.63 bits per heavy atom. The number of nitrogens with zero attached hydrogens (tertiary/aromatic N) is 1. The number of halogens is 2. The van der Waals surface area contributed by atoms with Crippen LogP contribution in [0.5, 0.6) is 0 Å². The molecule has 1 aromatic carbocycles. The quantitative estimate of drug-likeness (QED) is 0.658. The molecule has 0 saturated heterocycles. The van der Waals surface area contributed by atoms with Gasteiger partial charge in [0.05, 0.1) is 11.7 Å². The van der Waals surface area contributed by atoms with E-state index in [0.717, 1.165) is 17.3 Å². The average Bonchev–Trinajstić information content (AvgIpc) is 2.40. The summed E-state index contributed by atoms with van der Waals surface area (Å²) in [6.45, 7) is 1.95. The topological polar surface area (TPSA) is 50.9 Å². The summed E-state index contributed by atoms with van der Waals surface area (Å²) in [7, 11) is 0. The molecule has 2 aromatic rings. The molecule has 0 spiro atoms. The Hall–Kier alpha value is -1.85. The maximum Gasteiger partial charge on any atom is 0.159 e. The lowest BCUT2D eigenvalue weighted by Gasteiger charge is -2.16. The Balaban J connectivity index is 2.21. The van der Waals surface area contributed by atoms with Crippen LogP contribution >= 0.6 is 0 Å². The van der Waals surface area contributed by atoms with Crippen LogP contribution in [0.4, 0.5) is 8.78 Å². The van der Waals surface area contributed by atoms with Crippen molar-refractivity contribution in [1.29, 1.82) is 0 Å². The zero-order valence-corrected chi connectivity index (χ0v) is 10.5. The molecule has 0 bridgehead atoms. The van der Waals surface area contributed by atoms with Gasteiger partial charge in [-0.2, -0.15) is 0 Å². The first kappa shape index (κ1) is 13.6. The predicted octanol–water partition coefficient (Wildman–Crippen LogP) is 2.42. The molecule has 0 aliphatic heterocycles. The fourth-order valence-electron chi connectivity index (χ4n) is 1.90. The van der Waals surface area contributed by atoms with Gasteiger partial charge in [0, 0.05) is 6.20 Å². The van der Waals surface area contributed by atoms with Crippen molar-refractivity contribution in [2.24, 2.45) is 5.84 Å². The highest BCUT2D eigenvalue weighted by Crippen LogP contribution is 2.18. The number of aryl methyl sites for hydroxylation is 1. The summed E-state index contributed by atoms with van der Waals surface area (Å²) in [5, 5.41) is 0. The standard InChI is InChI=1S/C14H15F2N3/c1-9-4-5-18-13(6-9)14(19-17)8-10-2-3-11(15)12(16)7-10/h2-7,14,19H,8,17H2,1H3. The van der Waals surface area contributed by atoms with Crippen molar-refractivity contribution in [3.8, 4) is 0 Å². The highest BCUT2D eigenvalue weighted by molar-refractivity contribution is 5.23. The first-order chi connectivity index (χ1) is 9.10. The second-order valence-electron chi connectivity index (χ2n) is 4.43. The molecule has 0 amide bonds. The molecule has 1 aromatic heterocycles. The molecule has 5 heteroatoms. The Kier molecular flexibility index (Phi) is 4.19. The maximum absolute atomic E-state index is 13.2. The van der Waals surface area contributed by atoms with E-state index in [2.05, 4.69) is 10.4 Å². The van der Waals surface area contributed by atoms with Crippen molar-refractivity contribution < 1.29 is 8.78 Å². The molecule has 19 heavy (non-hydrogen) atoms. The summed E-state index contributed by atoms with van der Waals surface area (Å²) in [5.74, 6) is 3.80. The Morgan fingerprint density at radius 1 is 1.21 bits per heavy atom. The monoisotopic (exact) mass is 263 g/mol. The van der Waals surface area contributed by atoms with Crippen molar-refractivity contribution in [1.82, 2.24) is 10.4 Å². The number of nitrogens with one attached hydrogen (secondary N) is 1. The van der Waals surface area contributed by atoms with Crippen LogP contribution in [-0.2, 0) is 6.42 Å². The predicted molar refractivity (Wildman–Crippen MR) is 69.1 cm³/mol. The van der Waals surface area contributed by atoms with Crippen molar-refractivity contribution >= 4 is 0 Å². The largest absolute Gasteiger partial charge is 0.271 e. The molecule has 0 fully saturated rings. The molecule has 3 N–H and O–H groups in total. The number of hydrogen-bond acceptors (Lipinski definition) is 3. The lowest BCUT2D eigenvalue weighted by Crippen LogP contribution is -2.30. The van der Waals surface area contributed by atoms with E-state index in [1.165, 1.54) is 6.07 Å². The zero-order chi connectivity index (χ0) is 13.8. The molecule has 0 aliphatic carbocycles. The molecule has 1 atom stereocenters. The third kappa shape index (κ3) is 3.33. The summed E-state index contributed by atoms with van der Waals surface area (Å²) in [5.41, 5.74) is 5.14. The van der Waals surface area contributed by atoms with Crippen molar-refractivity contribution in [3.05, 3.63) is 65.0 Å². The van der Waals surface area contributed by atoms with Gasteiger partial charge in [-0.25, -0.2) is 8.78 Å². The molecular weight excluding hydrogens is 248 g/mol. The fraction of sp³-hybridized carbons (Fsp3) is 0.214. The number of hydrogen-bond donors (Lipinski definition) is 2. The first-order valence-corrected chi connectivity index (χ1v) is 5.92. The second kappa shape index (κ2) is 5.86. The summed E-state index contributed by atoms with van der Waals surface area (Å²) in [4.78, 5) is 4.24. The van der Waals surface area contributed by atoms with Gasteiger partial charge < -0.3 is 0 Å². The van der Waals surface area contributed by atoms with Crippen LogP contribution in [0.15, 0.2) is 36.5 Å². The highest BCUT2D eigenvalue weighted by Gasteiger charge is 2.13. The van der Waals surface area contributed by atoms with E-state index in [-0.39, 0.29) is 6.04 Å². The molecule has 1 unspecified atom stereocenters. The van der Waals surface area contributed by atoms with Gasteiger partial charge in [0.1, 0.15) is 0 Å². The summed E-state index contributed by atoms with van der Waals surface area (Å²) in [6.07, 6.45) is 2.13. The number of nitrogens with two attached hydrogens (primary N) is 1. The van der Waals surface area contributed by atoms with Crippen LogP contribution in [0.3, 0.4) is 0 Å². The number of hydrazine groups is 1. The van der Waals surface area contributed by atoms with E-state index in [4.69, 9.17) is 5.84 Å². The fourth-order valence-corrected chi connectivity index (χ4v) is 1.90. The molecule has 100 valence electrons. The van der Waals surface area contributed by atoms with Crippen LogP contribution in [0, 0.1) is 18.6 Å². The smallest absolute Gasteiger partial charge is 0.159 e. The number of benzene rings is 1. The number of pyridine rings is 1. The van der Waals surface area contributed by atoms with Gasteiger partial charge in [-0.1, -0.05) is 6.07 Å². The summed E-state index contributed by atoms with van der Waals surface area (Å²) >= 11 is 0. The highest BCUT2D eigenvalue weighted by atomic mass is 19.2. The minimum atomic E-state index is -0.856. The van der Waals surface area contributed by atoms with Crippen LogP contribution in [-0.4, -0.2) is 4.98 Å². The molecule has 3 nitrogen and oxygen atoms in total. The number of rotatable bonds is 4. The second-order valence-corrected chi connectivity index (χ2v) is 4.43. The first-order valence-electron chi connectivity index (χ1n) is 5.92. The lowest BCUT2D eigenvalue weighted by atomic mass is 10.0. The van der Waals surface area contributed by atoms with Gasteiger partial charge in [0.25, 0.3) is 0 Å². The van der Waals surface area contributed by atoms with Crippen LogP contribution < -0.4 is 11.3 Å². The Labute approximate surface area is 110 Å². The van der Waals surface area contributed by atoms with Gasteiger partial charge >= 0.3 is 0 Å². The molecule has 0 radical (unpaired) electrons. The van der Waals surface area contributed by atoms with Crippen LogP contribution in [0.25, 0.3) is 0 Å². The Morgan fingerprint density at radius 2 is 2.00 bits per heavy atom. The lowest BCUT2D eigenvalue weighted by molar-refractivity contribution is 0.501. The van der Waals surface area contributed by atoms with E-state index in [1.54, 1.807) is 12.3 Å². The minimum absolute atomic E-state index is 0.246. The molecule has 1 heterocycles. The van der Waals surface area contributed by atoms with Gasteiger partial charge in [-0.15, -0.1) is 0 Å². The summed E-state index contributed by atoms with van der Waals surface area (Å²) in [6, 6.07) is 7.37. The van der Waals surface area contributed by atoms with Gasteiger partial charge in [0.2, 0.25) is 0 Å². The number of aromatic nitrogens is 1. The maximum atomic E-state index is 13.2. The van der Waals surface area contributed by atoms with E-state index in [1.807, 2.05) is 19.1 Å². The van der Waals surface area contributed by atoms with Crippen molar-refractivity contribution in [2.45, 2.75) is 19.4 Å². The minimum Gasteiger partial charge on any atom is -0.271 e. The van der Waals surface area contributed by atoms with Gasteiger partial charge in [-0.05, 0) is 48.7 Å². The van der Waals surface area contributed by atoms with Gasteiger partial charge in [0.15, 0.2) is 11.6 Å². The molecule has 0 aliphatic rings. The Bertz CT molecular complexity index is 572. The summed E-state index contributed by atoms with van der Waals surface area (Å²) < 4.78 is 26.0. The SMILES string of the molecule is Cc1ccnc(C(Cc2ccc(F)c(F)c2)NN)c1. The van der Waals surface area contributed by atoms with Gasteiger partial charge in [-0.3, -0.25) is 16.3 Å². The van der Waals surface area contributed by atoms with Crippen molar-refractivity contribution in [3.63, 3.8) is 0 Å². The molecule has 2 rings (SSSR count). The normalized spacial score (nSPS) is 12.4. The van der Waals surface area contributed by atoms with E-state index in [9.17, 15) is 8.78 Å². The van der Waals surface area contributed by atoms with E-state index in [0.29, 0.717) is 12.0 Å². The van der Waals surface area contributed by atoms with E-state index >= 15 is 0 Å². The van der Waals surface area contributed by atoms with Crippen LogP contribution in [0.2, 0.25) is 0 Å². The third-order valence-electron chi connectivity index (χ3n) is 2.92. The third-order valence-corrected chi connectivity index (χ3v) is 2.92. The van der Waals surface area contributed by atoms with Crippen molar-refractivity contribution in [2.75, 3.05) is 0 Å². The average molecular weight is 263 g/mol. The van der Waals surface area contributed by atoms with Crippen LogP contribution in [0.1, 0.15) is 22.9 Å². The van der Waals surface area contributed by atoms with E-state index < -0.39 is 11.6 Å².